The Kier molecular flexibility index (Phi) is 2.41. The van der Waals surface area contributed by atoms with Crippen LogP contribution in [0.3, 0.4) is 0 Å². The molecule has 0 atom stereocenters. The maximum absolute atomic E-state index is 12.2. The van der Waals surface area contributed by atoms with Crippen LogP contribution in [0.1, 0.15) is 22.3 Å². The van der Waals surface area contributed by atoms with Crippen LogP contribution >= 0.6 is 0 Å². The molecule has 0 saturated heterocycles. The van der Waals surface area contributed by atoms with Crippen LogP contribution in [0.4, 0.5) is 0 Å². The molecule has 0 aliphatic heterocycles. The lowest BCUT2D eigenvalue weighted by atomic mass is 9.98. The predicted octanol–water partition coefficient (Wildman–Crippen LogP) is 3.23. The number of nitrogens with zero attached hydrogens (tertiary/aromatic N) is 2. The number of hydrogen-bond donors (Lipinski definition) is 0. The van der Waals surface area contributed by atoms with Crippen molar-refractivity contribution in [3.05, 3.63) is 53.1 Å². The molecule has 1 aliphatic carbocycles. The van der Waals surface area contributed by atoms with Gasteiger partial charge in [-0.05, 0) is 21.9 Å². The molecular weight excluding hydrogens is 236 g/mol. The first kappa shape index (κ1) is 11.2. The summed E-state index contributed by atoms with van der Waals surface area (Å²) in [6, 6.07) is 15.1. The van der Waals surface area contributed by atoms with Crippen LogP contribution in [-0.2, 0) is 0 Å². The van der Waals surface area contributed by atoms with Crippen LogP contribution in [0.2, 0.25) is 0 Å². The summed E-state index contributed by atoms with van der Waals surface area (Å²) in [6.45, 7) is 0. The smallest absolute Gasteiger partial charge is 0.168 e. The van der Waals surface area contributed by atoms with E-state index in [-0.39, 0.29) is 17.8 Å². The van der Waals surface area contributed by atoms with Gasteiger partial charge >= 0.3 is 0 Å². The molecule has 2 aromatic rings. The first-order valence-corrected chi connectivity index (χ1v) is 5.85. The van der Waals surface area contributed by atoms with Crippen LogP contribution < -0.4 is 0 Å². The third kappa shape index (κ3) is 1.53. The Morgan fingerprint density at radius 2 is 1.79 bits per heavy atom. The van der Waals surface area contributed by atoms with Crippen LogP contribution in [0.15, 0.2) is 42.0 Å². The molecule has 0 amide bonds. The van der Waals surface area contributed by atoms with Gasteiger partial charge in [0.25, 0.3) is 0 Å². The summed E-state index contributed by atoms with van der Waals surface area (Å²) in [7, 11) is 0. The number of fused-ring (bicyclic) bond motifs is 3. The normalized spacial score (nSPS) is 12.9. The number of ketones is 1. The summed E-state index contributed by atoms with van der Waals surface area (Å²) in [5.74, 6) is -0.0233. The second-order valence-electron chi connectivity index (χ2n) is 4.39. The predicted molar refractivity (Wildman–Crippen MR) is 71.0 cm³/mol. The number of nitriles is 2. The Balaban J connectivity index is 2.41. The highest BCUT2D eigenvalue weighted by Crippen LogP contribution is 2.38. The summed E-state index contributed by atoms with van der Waals surface area (Å²) in [5, 5.41) is 19.8. The first-order valence-electron chi connectivity index (χ1n) is 5.85. The third-order valence-corrected chi connectivity index (χ3v) is 3.40. The molecule has 0 aromatic heterocycles. The fourth-order valence-electron chi connectivity index (χ4n) is 2.55. The zero-order valence-electron chi connectivity index (χ0n) is 9.97. The van der Waals surface area contributed by atoms with Crippen molar-refractivity contribution in [3.8, 4) is 12.1 Å². The van der Waals surface area contributed by atoms with Gasteiger partial charge < -0.3 is 0 Å². The molecule has 0 fully saturated rings. The van der Waals surface area contributed by atoms with Crippen molar-refractivity contribution >= 4 is 22.1 Å². The molecule has 0 bridgehead atoms. The van der Waals surface area contributed by atoms with E-state index in [0.29, 0.717) is 11.1 Å². The minimum atomic E-state index is -0.0233. The van der Waals surface area contributed by atoms with E-state index in [2.05, 4.69) is 0 Å². The molecule has 0 N–H and O–H groups in total. The SMILES string of the molecule is N#CC(C#N)=C1CC(=O)c2c1ccc1ccccc21. The van der Waals surface area contributed by atoms with Gasteiger partial charge in [0.1, 0.15) is 17.7 Å². The fourth-order valence-corrected chi connectivity index (χ4v) is 2.55. The molecule has 0 unspecified atom stereocenters. The second-order valence-corrected chi connectivity index (χ2v) is 4.39. The minimum Gasteiger partial charge on any atom is -0.294 e. The number of carbonyl (C=O) groups is 1. The monoisotopic (exact) mass is 244 g/mol. The number of allylic oxidation sites excluding steroid dienone is 2. The van der Waals surface area contributed by atoms with E-state index in [1.165, 1.54) is 0 Å². The highest BCUT2D eigenvalue weighted by molar-refractivity contribution is 6.20. The quantitative estimate of drug-likeness (QED) is 0.668. The Morgan fingerprint density at radius 3 is 2.53 bits per heavy atom. The molecule has 2 aromatic carbocycles. The molecule has 1 aliphatic rings. The number of hydrogen-bond acceptors (Lipinski definition) is 3. The Hall–Kier alpha value is -2.91. The van der Waals surface area contributed by atoms with E-state index in [1.807, 2.05) is 48.5 Å². The van der Waals surface area contributed by atoms with Gasteiger partial charge in [-0.3, -0.25) is 4.79 Å². The second kappa shape index (κ2) is 4.08. The zero-order valence-corrected chi connectivity index (χ0v) is 9.97. The summed E-state index contributed by atoms with van der Waals surface area (Å²) in [4.78, 5) is 12.2. The van der Waals surface area contributed by atoms with Gasteiger partial charge in [-0.2, -0.15) is 10.5 Å². The summed E-state index contributed by atoms with van der Waals surface area (Å²) in [6.07, 6.45) is 0.139. The molecule has 0 spiro atoms. The van der Waals surface area contributed by atoms with Gasteiger partial charge in [0, 0.05) is 12.0 Å². The topological polar surface area (TPSA) is 64.7 Å². The van der Waals surface area contributed by atoms with Gasteiger partial charge in [-0.25, -0.2) is 0 Å². The van der Waals surface area contributed by atoms with E-state index in [4.69, 9.17) is 10.5 Å². The molecule has 0 heterocycles. The Morgan fingerprint density at radius 1 is 1.05 bits per heavy atom. The average Bonchev–Trinajstić information content (AvgIpc) is 2.78. The molecule has 3 nitrogen and oxygen atoms in total. The molecule has 3 heteroatoms. The maximum atomic E-state index is 12.2. The van der Waals surface area contributed by atoms with Crippen LogP contribution in [0.25, 0.3) is 16.3 Å². The summed E-state index contributed by atoms with van der Waals surface area (Å²) >= 11 is 0. The molecule has 88 valence electrons. The van der Waals surface area contributed by atoms with Crippen molar-refractivity contribution < 1.29 is 4.79 Å². The largest absolute Gasteiger partial charge is 0.294 e. The lowest BCUT2D eigenvalue weighted by Crippen LogP contribution is -1.92. The Bertz CT molecular complexity index is 816. The zero-order chi connectivity index (χ0) is 13.4. The number of carbonyl (C=O) groups excluding carboxylic acids is 1. The standard InChI is InChI=1S/C16H8N2O/c17-8-11(9-18)14-7-15(19)16-12-4-2-1-3-10(12)5-6-13(14)16/h1-6H,7H2. The molecule has 19 heavy (non-hydrogen) atoms. The van der Waals surface area contributed by atoms with Crippen molar-refractivity contribution in [1.82, 2.24) is 0 Å². The van der Waals surface area contributed by atoms with E-state index in [0.717, 1.165) is 16.3 Å². The average molecular weight is 244 g/mol. The van der Waals surface area contributed by atoms with Gasteiger partial charge in [0.05, 0.1) is 0 Å². The van der Waals surface area contributed by atoms with Gasteiger partial charge in [-0.15, -0.1) is 0 Å². The number of Topliss-reactive ketones (excluding diaryl/α,β-unsaturated/α-hetero) is 1. The molecule has 3 rings (SSSR count). The lowest BCUT2D eigenvalue weighted by Gasteiger charge is -2.04. The van der Waals surface area contributed by atoms with Crippen molar-refractivity contribution in [2.45, 2.75) is 6.42 Å². The van der Waals surface area contributed by atoms with E-state index < -0.39 is 0 Å². The van der Waals surface area contributed by atoms with Crippen molar-refractivity contribution in [2.24, 2.45) is 0 Å². The minimum absolute atomic E-state index is 0.0233. The molecular formula is C16H8N2O. The van der Waals surface area contributed by atoms with Gasteiger partial charge in [0.15, 0.2) is 5.78 Å². The molecule has 0 radical (unpaired) electrons. The first-order chi connectivity index (χ1) is 9.26. The van der Waals surface area contributed by atoms with Crippen LogP contribution in [0, 0.1) is 22.7 Å². The number of benzene rings is 2. The third-order valence-electron chi connectivity index (χ3n) is 3.40. The fraction of sp³-hybridized carbons (Fsp3) is 0.0625. The summed E-state index contributed by atoms with van der Waals surface area (Å²) < 4.78 is 0. The maximum Gasteiger partial charge on any atom is 0.168 e. The van der Waals surface area contributed by atoms with Gasteiger partial charge in [-0.1, -0.05) is 36.4 Å². The van der Waals surface area contributed by atoms with E-state index >= 15 is 0 Å². The van der Waals surface area contributed by atoms with Crippen molar-refractivity contribution in [2.75, 3.05) is 0 Å². The van der Waals surface area contributed by atoms with Crippen molar-refractivity contribution in [1.29, 1.82) is 10.5 Å². The van der Waals surface area contributed by atoms with E-state index in [1.54, 1.807) is 0 Å². The number of rotatable bonds is 0. The highest BCUT2D eigenvalue weighted by atomic mass is 16.1. The highest BCUT2D eigenvalue weighted by Gasteiger charge is 2.28. The van der Waals surface area contributed by atoms with E-state index in [9.17, 15) is 4.79 Å². The summed E-state index contributed by atoms with van der Waals surface area (Å²) in [5.41, 5.74) is 1.94. The van der Waals surface area contributed by atoms with Crippen LogP contribution in [-0.4, -0.2) is 5.78 Å². The lowest BCUT2D eigenvalue weighted by molar-refractivity contribution is 0.101. The Labute approximate surface area is 110 Å². The van der Waals surface area contributed by atoms with Crippen molar-refractivity contribution in [3.63, 3.8) is 0 Å². The van der Waals surface area contributed by atoms with Crippen LogP contribution in [0.5, 0.6) is 0 Å². The van der Waals surface area contributed by atoms with Gasteiger partial charge in [0.2, 0.25) is 0 Å². The molecule has 0 saturated carbocycles.